The molecule has 5 nitrogen and oxygen atoms in total. The third-order valence-electron chi connectivity index (χ3n) is 4.25. The second-order valence-corrected chi connectivity index (χ2v) is 6.00. The summed E-state index contributed by atoms with van der Waals surface area (Å²) in [7, 11) is 1.77. The first-order chi connectivity index (χ1) is 10.7. The zero-order chi connectivity index (χ0) is 15.8. The average molecular weight is 305 g/mol. The van der Waals surface area contributed by atoms with Gasteiger partial charge >= 0.3 is 0 Å². The van der Waals surface area contributed by atoms with Crippen molar-refractivity contribution in [2.75, 3.05) is 39.8 Å². The number of amides is 1. The van der Waals surface area contributed by atoms with Crippen LogP contribution in [0, 0.1) is 5.92 Å². The van der Waals surface area contributed by atoms with Gasteiger partial charge in [-0.1, -0.05) is 30.3 Å². The fourth-order valence-corrected chi connectivity index (χ4v) is 2.88. The molecule has 22 heavy (non-hydrogen) atoms. The zero-order valence-electron chi connectivity index (χ0n) is 13.3. The van der Waals surface area contributed by atoms with Gasteiger partial charge in [0.25, 0.3) is 0 Å². The van der Waals surface area contributed by atoms with Crippen molar-refractivity contribution in [3.8, 4) is 0 Å². The molecule has 0 aromatic heterocycles. The number of nitrogens with one attached hydrogen (secondary N) is 2. The standard InChI is InChI=1S/C17H27N3O2/c1-18-12-17(22)19-11-14-7-9-20(10-8-14)13-16(21)15-5-3-2-4-6-15/h2-6,14,16,18,21H,7-13H2,1H3,(H,19,22). The Kier molecular flexibility index (Phi) is 6.83. The van der Waals surface area contributed by atoms with Crippen LogP contribution in [-0.4, -0.2) is 55.7 Å². The molecule has 0 spiro atoms. The van der Waals surface area contributed by atoms with Gasteiger partial charge in [-0.25, -0.2) is 0 Å². The first-order valence-electron chi connectivity index (χ1n) is 8.05. The summed E-state index contributed by atoms with van der Waals surface area (Å²) < 4.78 is 0. The SMILES string of the molecule is CNCC(=O)NCC1CCN(CC(O)c2ccccc2)CC1. The van der Waals surface area contributed by atoms with Crippen molar-refractivity contribution in [1.82, 2.24) is 15.5 Å². The number of aliphatic hydroxyl groups is 1. The largest absolute Gasteiger partial charge is 0.387 e. The highest BCUT2D eigenvalue weighted by molar-refractivity contribution is 5.77. The molecule has 0 bridgehead atoms. The molecule has 0 saturated carbocycles. The fraction of sp³-hybridized carbons (Fsp3) is 0.588. The lowest BCUT2D eigenvalue weighted by Gasteiger charge is -2.33. The Morgan fingerprint density at radius 1 is 1.32 bits per heavy atom. The molecule has 122 valence electrons. The Labute approximate surface area is 132 Å². The number of β-amino-alcohol motifs (C(OH)–C–C–N with tert-alkyl or cyclic N) is 1. The lowest BCUT2D eigenvalue weighted by Crippen LogP contribution is -2.41. The maximum Gasteiger partial charge on any atom is 0.233 e. The maximum atomic E-state index is 11.4. The number of benzene rings is 1. The minimum absolute atomic E-state index is 0.0597. The summed E-state index contributed by atoms with van der Waals surface area (Å²) in [5.74, 6) is 0.607. The Morgan fingerprint density at radius 3 is 2.64 bits per heavy atom. The molecule has 1 aliphatic heterocycles. The molecular formula is C17H27N3O2. The number of carbonyl (C=O) groups excluding carboxylic acids is 1. The summed E-state index contributed by atoms with van der Waals surface area (Å²) in [5.41, 5.74) is 0.976. The van der Waals surface area contributed by atoms with Gasteiger partial charge in [-0.3, -0.25) is 4.79 Å². The molecule has 2 rings (SSSR count). The molecule has 0 radical (unpaired) electrons. The van der Waals surface area contributed by atoms with Gasteiger partial charge in [-0.05, 0) is 44.5 Å². The number of rotatable bonds is 7. The molecular weight excluding hydrogens is 278 g/mol. The van der Waals surface area contributed by atoms with E-state index in [-0.39, 0.29) is 5.91 Å². The smallest absolute Gasteiger partial charge is 0.233 e. The minimum atomic E-state index is -0.423. The molecule has 0 aliphatic carbocycles. The third kappa shape index (κ3) is 5.40. The number of piperidine rings is 1. The van der Waals surface area contributed by atoms with E-state index in [0.717, 1.165) is 38.0 Å². The van der Waals surface area contributed by atoms with Crippen molar-refractivity contribution in [3.05, 3.63) is 35.9 Å². The second kappa shape index (κ2) is 8.88. The van der Waals surface area contributed by atoms with Crippen LogP contribution in [0.25, 0.3) is 0 Å². The van der Waals surface area contributed by atoms with Gasteiger partial charge in [-0.15, -0.1) is 0 Å². The number of likely N-dealkylation sites (N-methyl/N-ethyl adjacent to an activating group) is 1. The van der Waals surface area contributed by atoms with Crippen LogP contribution in [0.3, 0.4) is 0 Å². The van der Waals surface area contributed by atoms with Gasteiger partial charge in [0.15, 0.2) is 0 Å². The monoisotopic (exact) mass is 305 g/mol. The fourth-order valence-electron chi connectivity index (χ4n) is 2.88. The Balaban J connectivity index is 1.68. The van der Waals surface area contributed by atoms with Crippen molar-refractivity contribution in [3.63, 3.8) is 0 Å². The lowest BCUT2D eigenvalue weighted by atomic mass is 9.96. The highest BCUT2D eigenvalue weighted by atomic mass is 16.3. The van der Waals surface area contributed by atoms with E-state index in [4.69, 9.17) is 0 Å². The Bertz CT molecular complexity index is 444. The van der Waals surface area contributed by atoms with Crippen molar-refractivity contribution in [1.29, 1.82) is 0 Å². The van der Waals surface area contributed by atoms with Crippen LogP contribution in [0.4, 0.5) is 0 Å². The van der Waals surface area contributed by atoms with Crippen molar-refractivity contribution < 1.29 is 9.90 Å². The molecule has 1 saturated heterocycles. The topological polar surface area (TPSA) is 64.6 Å². The predicted molar refractivity (Wildman–Crippen MR) is 87.5 cm³/mol. The summed E-state index contributed by atoms with van der Waals surface area (Å²) in [6.45, 7) is 3.79. The number of hydrogen-bond acceptors (Lipinski definition) is 4. The number of hydrogen-bond donors (Lipinski definition) is 3. The van der Waals surface area contributed by atoms with Crippen LogP contribution in [-0.2, 0) is 4.79 Å². The van der Waals surface area contributed by atoms with Crippen LogP contribution in [0.1, 0.15) is 24.5 Å². The van der Waals surface area contributed by atoms with Gasteiger partial charge < -0.3 is 20.6 Å². The van der Waals surface area contributed by atoms with Gasteiger partial charge in [0.2, 0.25) is 5.91 Å². The zero-order valence-corrected chi connectivity index (χ0v) is 13.3. The number of carbonyl (C=O) groups is 1. The van der Waals surface area contributed by atoms with Gasteiger partial charge in [-0.2, -0.15) is 0 Å². The van der Waals surface area contributed by atoms with E-state index in [2.05, 4.69) is 15.5 Å². The van der Waals surface area contributed by atoms with E-state index in [1.807, 2.05) is 30.3 Å². The maximum absolute atomic E-state index is 11.4. The molecule has 1 unspecified atom stereocenters. The van der Waals surface area contributed by atoms with E-state index < -0.39 is 6.10 Å². The second-order valence-electron chi connectivity index (χ2n) is 6.00. The van der Waals surface area contributed by atoms with E-state index in [1.165, 1.54) is 0 Å². The van der Waals surface area contributed by atoms with Crippen molar-refractivity contribution >= 4 is 5.91 Å². The quantitative estimate of drug-likeness (QED) is 0.696. The molecule has 1 fully saturated rings. The van der Waals surface area contributed by atoms with Crippen LogP contribution in [0.5, 0.6) is 0 Å². The molecule has 1 heterocycles. The molecule has 5 heteroatoms. The molecule has 1 amide bonds. The number of nitrogens with zero attached hydrogens (tertiary/aromatic N) is 1. The molecule has 3 N–H and O–H groups in total. The minimum Gasteiger partial charge on any atom is -0.387 e. The first-order valence-corrected chi connectivity index (χ1v) is 8.05. The van der Waals surface area contributed by atoms with Crippen LogP contribution < -0.4 is 10.6 Å². The van der Waals surface area contributed by atoms with Gasteiger partial charge in [0.05, 0.1) is 12.6 Å². The summed E-state index contributed by atoms with van der Waals surface area (Å²) >= 11 is 0. The number of likely N-dealkylation sites (tertiary alicyclic amines) is 1. The van der Waals surface area contributed by atoms with E-state index >= 15 is 0 Å². The molecule has 1 aliphatic rings. The predicted octanol–water partition coefficient (Wildman–Crippen LogP) is 0.768. The van der Waals surface area contributed by atoms with Gasteiger partial charge in [0, 0.05) is 13.1 Å². The van der Waals surface area contributed by atoms with Crippen molar-refractivity contribution in [2.45, 2.75) is 18.9 Å². The normalized spacial score (nSPS) is 18.1. The first kappa shape index (κ1) is 16.9. The molecule has 1 aromatic rings. The van der Waals surface area contributed by atoms with E-state index in [0.29, 0.717) is 19.0 Å². The van der Waals surface area contributed by atoms with Gasteiger partial charge in [0.1, 0.15) is 0 Å². The molecule has 1 atom stereocenters. The highest BCUT2D eigenvalue weighted by Crippen LogP contribution is 2.20. The highest BCUT2D eigenvalue weighted by Gasteiger charge is 2.21. The van der Waals surface area contributed by atoms with E-state index in [1.54, 1.807) is 7.05 Å². The lowest BCUT2D eigenvalue weighted by molar-refractivity contribution is -0.120. The van der Waals surface area contributed by atoms with Crippen molar-refractivity contribution in [2.24, 2.45) is 5.92 Å². The summed E-state index contributed by atoms with van der Waals surface area (Å²) in [6, 6.07) is 9.81. The summed E-state index contributed by atoms with van der Waals surface area (Å²) in [5, 5.41) is 16.1. The van der Waals surface area contributed by atoms with Crippen LogP contribution in [0.2, 0.25) is 0 Å². The average Bonchev–Trinajstić information content (AvgIpc) is 2.55. The third-order valence-corrected chi connectivity index (χ3v) is 4.25. The Morgan fingerprint density at radius 2 is 2.00 bits per heavy atom. The van der Waals surface area contributed by atoms with Crippen LogP contribution >= 0.6 is 0 Å². The van der Waals surface area contributed by atoms with Crippen LogP contribution in [0.15, 0.2) is 30.3 Å². The van der Waals surface area contributed by atoms with E-state index in [9.17, 15) is 9.90 Å². The number of aliphatic hydroxyl groups excluding tert-OH is 1. The Hall–Kier alpha value is -1.43. The summed E-state index contributed by atoms with van der Waals surface area (Å²) in [6.07, 6.45) is 1.72. The summed E-state index contributed by atoms with van der Waals surface area (Å²) in [4.78, 5) is 13.7. The molecule has 1 aromatic carbocycles.